The molecule has 0 spiro atoms. The highest BCUT2D eigenvalue weighted by Crippen LogP contribution is 2.19. The summed E-state index contributed by atoms with van der Waals surface area (Å²) in [4.78, 5) is 26.3. The monoisotopic (exact) mass is 362 g/mol. The van der Waals surface area contributed by atoms with Crippen molar-refractivity contribution in [2.45, 2.75) is 13.8 Å². The number of aromatic nitrogens is 2. The number of nitrogens with zero attached hydrogens (tertiary/aromatic N) is 3. The van der Waals surface area contributed by atoms with Gasteiger partial charge in [-0.05, 0) is 43.7 Å². The Morgan fingerprint density at radius 2 is 1.78 bits per heavy atom. The maximum atomic E-state index is 12.7. The van der Waals surface area contributed by atoms with Crippen molar-refractivity contribution in [3.8, 4) is 5.69 Å². The third kappa shape index (κ3) is 3.74. The van der Waals surface area contributed by atoms with E-state index < -0.39 is 0 Å². The molecule has 0 atom stereocenters. The third-order valence-electron chi connectivity index (χ3n) is 4.37. The third-order valence-corrected chi connectivity index (χ3v) is 4.37. The van der Waals surface area contributed by atoms with Gasteiger partial charge in [0.1, 0.15) is 0 Å². The van der Waals surface area contributed by atoms with Crippen molar-refractivity contribution < 1.29 is 9.59 Å². The van der Waals surface area contributed by atoms with Crippen LogP contribution in [0.25, 0.3) is 5.69 Å². The highest BCUT2D eigenvalue weighted by atomic mass is 16.2. The van der Waals surface area contributed by atoms with Crippen LogP contribution in [0.2, 0.25) is 0 Å². The number of amides is 2. The van der Waals surface area contributed by atoms with Gasteiger partial charge in [0, 0.05) is 25.3 Å². The molecule has 6 heteroatoms. The summed E-state index contributed by atoms with van der Waals surface area (Å²) in [5.41, 5.74) is 4.34. The number of rotatable bonds is 4. The Labute approximate surface area is 158 Å². The van der Waals surface area contributed by atoms with Gasteiger partial charge < -0.3 is 10.2 Å². The van der Waals surface area contributed by atoms with Crippen molar-refractivity contribution in [2.75, 3.05) is 19.4 Å². The van der Waals surface area contributed by atoms with Crippen LogP contribution in [0.4, 0.5) is 5.69 Å². The molecule has 0 radical (unpaired) electrons. The number of carbonyl (C=O) groups excluding carboxylic acids is 2. The Bertz CT molecular complexity index is 1000. The molecule has 1 heterocycles. The molecule has 0 unspecified atom stereocenters. The lowest BCUT2D eigenvalue weighted by atomic mass is 10.1. The molecular weight excluding hydrogens is 340 g/mol. The van der Waals surface area contributed by atoms with Crippen LogP contribution < -0.4 is 5.32 Å². The summed E-state index contributed by atoms with van der Waals surface area (Å²) in [7, 11) is 3.38. The number of carbonyl (C=O) groups is 2. The van der Waals surface area contributed by atoms with Gasteiger partial charge in [-0.25, -0.2) is 4.68 Å². The molecule has 2 amide bonds. The summed E-state index contributed by atoms with van der Waals surface area (Å²) < 4.78 is 1.76. The van der Waals surface area contributed by atoms with Gasteiger partial charge in [0.2, 0.25) is 0 Å². The van der Waals surface area contributed by atoms with E-state index in [1.807, 2.05) is 38.1 Å². The minimum Gasteiger partial charge on any atom is -0.345 e. The second-order valence-corrected chi connectivity index (χ2v) is 6.58. The normalized spacial score (nSPS) is 10.5. The molecule has 138 valence electrons. The molecule has 0 aliphatic rings. The fourth-order valence-electron chi connectivity index (χ4n) is 2.86. The molecule has 1 N–H and O–H groups in total. The summed E-state index contributed by atoms with van der Waals surface area (Å²) in [6, 6.07) is 14.8. The largest absolute Gasteiger partial charge is 0.345 e. The van der Waals surface area contributed by atoms with E-state index in [0.29, 0.717) is 16.8 Å². The Hall–Kier alpha value is -3.41. The standard InChI is InChI=1S/C21H22N4O2/c1-14-8-5-6-11-19(14)25-15(2)18(13-22-25)20(26)23-17-10-7-9-16(12-17)21(27)24(3)4/h5-13H,1-4H3,(H,23,26). The van der Waals surface area contributed by atoms with Crippen LogP contribution in [0.5, 0.6) is 0 Å². The lowest BCUT2D eigenvalue weighted by Crippen LogP contribution is -2.22. The maximum absolute atomic E-state index is 12.7. The molecule has 3 aromatic rings. The van der Waals surface area contributed by atoms with E-state index in [1.54, 1.807) is 49.2 Å². The molecule has 0 aliphatic heterocycles. The lowest BCUT2D eigenvalue weighted by Gasteiger charge is -2.12. The van der Waals surface area contributed by atoms with Crippen LogP contribution in [0.15, 0.2) is 54.7 Å². The van der Waals surface area contributed by atoms with Crippen LogP contribution in [-0.2, 0) is 0 Å². The number of benzene rings is 2. The van der Waals surface area contributed by atoms with E-state index in [9.17, 15) is 9.59 Å². The van der Waals surface area contributed by atoms with E-state index in [1.165, 1.54) is 4.90 Å². The second kappa shape index (κ2) is 7.45. The van der Waals surface area contributed by atoms with E-state index in [0.717, 1.165) is 16.9 Å². The molecule has 3 rings (SSSR count). The number of anilines is 1. The highest BCUT2D eigenvalue weighted by molar-refractivity contribution is 6.05. The average molecular weight is 362 g/mol. The van der Waals surface area contributed by atoms with E-state index in [-0.39, 0.29) is 11.8 Å². The first kappa shape index (κ1) is 18.4. The first-order valence-corrected chi connectivity index (χ1v) is 8.62. The van der Waals surface area contributed by atoms with Gasteiger partial charge >= 0.3 is 0 Å². The van der Waals surface area contributed by atoms with Crippen LogP contribution in [-0.4, -0.2) is 40.6 Å². The molecule has 0 bridgehead atoms. The van der Waals surface area contributed by atoms with Crippen LogP contribution >= 0.6 is 0 Å². The topological polar surface area (TPSA) is 67.2 Å². The van der Waals surface area contributed by atoms with Crippen LogP contribution in [0.1, 0.15) is 32.0 Å². The van der Waals surface area contributed by atoms with E-state index >= 15 is 0 Å². The van der Waals surface area contributed by atoms with Gasteiger partial charge in [0.05, 0.1) is 23.1 Å². The van der Waals surface area contributed by atoms with Crippen molar-refractivity contribution in [3.05, 3.63) is 77.1 Å². The van der Waals surface area contributed by atoms with Crippen LogP contribution in [0, 0.1) is 13.8 Å². The number of aryl methyl sites for hydroxylation is 1. The van der Waals surface area contributed by atoms with Crippen molar-refractivity contribution in [2.24, 2.45) is 0 Å². The van der Waals surface area contributed by atoms with Gasteiger partial charge in [-0.3, -0.25) is 9.59 Å². The lowest BCUT2D eigenvalue weighted by molar-refractivity contribution is 0.0827. The van der Waals surface area contributed by atoms with Crippen molar-refractivity contribution in [3.63, 3.8) is 0 Å². The van der Waals surface area contributed by atoms with Crippen molar-refractivity contribution >= 4 is 17.5 Å². The maximum Gasteiger partial charge on any atom is 0.259 e. The first-order valence-electron chi connectivity index (χ1n) is 8.62. The molecule has 0 saturated carbocycles. The zero-order valence-corrected chi connectivity index (χ0v) is 15.9. The Balaban J connectivity index is 1.85. The number of nitrogens with one attached hydrogen (secondary N) is 1. The molecule has 6 nitrogen and oxygen atoms in total. The number of para-hydroxylation sites is 1. The molecule has 0 saturated heterocycles. The predicted octanol–water partition coefficient (Wildman–Crippen LogP) is 3.44. The molecule has 0 aliphatic carbocycles. The fraction of sp³-hybridized carbons (Fsp3) is 0.190. The SMILES string of the molecule is Cc1ccccc1-n1ncc(C(=O)Nc2cccc(C(=O)N(C)C)c2)c1C. The highest BCUT2D eigenvalue weighted by Gasteiger charge is 2.17. The molecular formula is C21H22N4O2. The smallest absolute Gasteiger partial charge is 0.259 e. The first-order chi connectivity index (χ1) is 12.9. The summed E-state index contributed by atoms with van der Waals surface area (Å²) in [5, 5.41) is 7.22. The summed E-state index contributed by atoms with van der Waals surface area (Å²) in [6.07, 6.45) is 1.56. The predicted molar refractivity (Wildman–Crippen MR) is 105 cm³/mol. The number of hydrogen-bond donors (Lipinski definition) is 1. The minimum absolute atomic E-state index is 0.116. The minimum atomic E-state index is -0.262. The van der Waals surface area contributed by atoms with Crippen molar-refractivity contribution in [1.29, 1.82) is 0 Å². The summed E-state index contributed by atoms with van der Waals surface area (Å²) >= 11 is 0. The molecule has 0 fully saturated rings. The molecule has 2 aromatic carbocycles. The number of hydrogen-bond acceptors (Lipinski definition) is 3. The summed E-state index contributed by atoms with van der Waals surface area (Å²) in [5.74, 6) is -0.378. The zero-order chi connectivity index (χ0) is 19.6. The van der Waals surface area contributed by atoms with Gasteiger partial charge in [-0.15, -0.1) is 0 Å². The van der Waals surface area contributed by atoms with Gasteiger partial charge in [-0.2, -0.15) is 5.10 Å². The quantitative estimate of drug-likeness (QED) is 0.773. The Kier molecular flexibility index (Phi) is 5.07. The van der Waals surface area contributed by atoms with Crippen molar-refractivity contribution in [1.82, 2.24) is 14.7 Å². The average Bonchev–Trinajstić information content (AvgIpc) is 3.03. The van der Waals surface area contributed by atoms with E-state index in [4.69, 9.17) is 0 Å². The molecule has 27 heavy (non-hydrogen) atoms. The van der Waals surface area contributed by atoms with Gasteiger partial charge in [0.25, 0.3) is 11.8 Å². The van der Waals surface area contributed by atoms with E-state index in [2.05, 4.69) is 10.4 Å². The molecule has 1 aromatic heterocycles. The Morgan fingerprint density at radius 1 is 1.04 bits per heavy atom. The Morgan fingerprint density at radius 3 is 2.48 bits per heavy atom. The zero-order valence-electron chi connectivity index (χ0n) is 15.9. The summed E-state index contributed by atoms with van der Waals surface area (Å²) in [6.45, 7) is 3.86. The van der Waals surface area contributed by atoms with Gasteiger partial charge in [-0.1, -0.05) is 24.3 Å². The fourth-order valence-corrected chi connectivity index (χ4v) is 2.86. The second-order valence-electron chi connectivity index (χ2n) is 6.58. The van der Waals surface area contributed by atoms with Gasteiger partial charge in [0.15, 0.2) is 0 Å². The van der Waals surface area contributed by atoms with Crippen LogP contribution in [0.3, 0.4) is 0 Å².